The molecule has 0 amide bonds. The van der Waals surface area contributed by atoms with Crippen LogP contribution in [0.5, 0.6) is 0 Å². The average molecular weight is 248 g/mol. The van der Waals surface area contributed by atoms with Crippen molar-refractivity contribution in [2.75, 3.05) is 6.61 Å². The molecule has 3 atom stereocenters. The monoisotopic (exact) mass is 248 g/mol. The summed E-state index contributed by atoms with van der Waals surface area (Å²) in [5.74, 6) is 0. The first-order chi connectivity index (χ1) is 6.63. The third-order valence-corrected chi connectivity index (χ3v) is 1.07. The number of aliphatic hydroxyl groups excluding tert-OH is 4. The fourth-order valence-corrected chi connectivity index (χ4v) is 0.416. The van der Waals surface area contributed by atoms with E-state index in [2.05, 4.69) is 0 Å². The van der Waals surface area contributed by atoms with Crippen LogP contribution in [0.2, 0.25) is 0 Å². The number of hydrogen-bond donors (Lipinski definition) is 6. The Hall–Kier alpha value is -0.620. The first kappa shape index (κ1) is 16.8. The van der Waals surface area contributed by atoms with Crippen LogP contribution < -0.4 is 0 Å². The third kappa shape index (κ3) is 13.4. The van der Waals surface area contributed by atoms with Gasteiger partial charge in [-0.2, -0.15) is 8.42 Å². The summed E-state index contributed by atoms with van der Waals surface area (Å²) in [6.45, 7) is -0.688. The summed E-state index contributed by atoms with van der Waals surface area (Å²) in [4.78, 5) is 9.76. The summed E-state index contributed by atoms with van der Waals surface area (Å²) in [5, 5.41) is 34.1. The molecule has 0 aliphatic heterocycles. The summed E-state index contributed by atoms with van der Waals surface area (Å²) in [5.41, 5.74) is 0. The molecule has 0 aromatic rings. The molecule has 10 heteroatoms. The van der Waals surface area contributed by atoms with Crippen molar-refractivity contribution in [2.24, 2.45) is 0 Å². The zero-order chi connectivity index (χ0) is 12.6. The van der Waals surface area contributed by atoms with E-state index in [1.807, 2.05) is 0 Å². The number of rotatable bonds is 4. The third-order valence-electron chi connectivity index (χ3n) is 1.07. The molecule has 0 aliphatic rings. The zero-order valence-corrected chi connectivity index (χ0v) is 8.15. The van der Waals surface area contributed by atoms with Crippen molar-refractivity contribution in [1.82, 2.24) is 0 Å². The van der Waals surface area contributed by atoms with Crippen LogP contribution in [0.15, 0.2) is 0 Å². The number of hydrogen-bond acceptors (Lipinski definition) is 7. The van der Waals surface area contributed by atoms with E-state index in [9.17, 15) is 4.79 Å². The minimum atomic E-state index is -4.67. The van der Waals surface area contributed by atoms with E-state index in [-0.39, 0.29) is 6.29 Å². The molecular weight excluding hydrogens is 236 g/mol. The van der Waals surface area contributed by atoms with Gasteiger partial charge in [-0.25, -0.2) is 0 Å². The van der Waals surface area contributed by atoms with E-state index in [0.29, 0.717) is 0 Å². The van der Waals surface area contributed by atoms with Gasteiger partial charge in [0.1, 0.15) is 18.3 Å². The molecule has 0 spiro atoms. The predicted molar refractivity (Wildman–Crippen MR) is 45.3 cm³/mol. The van der Waals surface area contributed by atoms with Gasteiger partial charge in [0.05, 0.1) is 6.61 Å². The molecule has 0 aromatic carbocycles. The standard InChI is InChI=1S/C5H10O5.H2O4S/c6-1-3(8)5(10)4(9)2-7;1-5(2,3)4/h1,3-5,7-10H,2H2;(H2,1,2,3,4). The van der Waals surface area contributed by atoms with Gasteiger partial charge in [-0.15, -0.1) is 0 Å². The van der Waals surface area contributed by atoms with Gasteiger partial charge in [-0.05, 0) is 0 Å². The van der Waals surface area contributed by atoms with Crippen LogP contribution in [-0.2, 0) is 15.2 Å². The highest BCUT2D eigenvalue weighted by Crippen LogP contribution is 1.96. The topological polar surface area (TPSA) is 173 Å². The summed E-state index contributed by atoms with van der Waals surface area (Å²) < 4.78 is 31.6. The summed E-state index contributed by atoms with van der Waals surface area (Å²) in [7, 11) is -4.67. The first-order valence-corrected chi connectivity index (χ1v) is 4.83. The van der Waals surface area contributed by atoms with E-state index in [0.717, 1.165) is 0 Å². The maximum atomic E-state index is 9.76. The molecule has 0 saturated carbocycles. The minimum Gasteiger partial charge on any atom is -0.394 e. The summed E-state index contributed by atoms with van der Waals surface area (Å²) in [6.07, 6.45) is -4.63. The Balaban J connectivity index is 0. The van der Waals surface area contributed by atoms with Crippen molar-refractivity contribution in [2.45, 2.75) is 18.3 Å². The van der Waals surface area contributed by atoms with E-state index in [4.69, 9.17) is 37.9 Å². The van der Waals surface area contributed by atoms with Crippen LogP contribution >= 0.6 is 0 Å². The minimum absolute atomic E-state index is 0.0869. The Morgan fingerprint density at radius 3 is 1.67 bits per heavy atom. The molecule has 0 heterocycles. The van der Waals surface area contributed by atoms with Crippen LogP contribution in [0.1, 0.15) is 0 Å². The van der Waals surface area contributed by atoms with E-state index in [1.165, 1.54) is 0 Å². The fraction of sp³-hybridized carbons (Fsp3) is 0.800. The van der Waals surface area contributed by atoms with Crippen molar-refractivity contribution in [1.29, 1.82) is 0 Å². The van der Waals surface area contributed by atoms with Crippen molar-refractivity contribution in [3.63, 3.8) is 0 Å². The van der Waals surface area contributed by atoms with Gasteiger partial charge < -0.3 is 25.2 Å². The second-order valence-corrected chi connectivity index (χ2v) is 3.21. The van der Waals surface area contributed by atoms with Gasteiger partial charge in [0, 0.05) is 0 Å². The lowest BCUT2D eigenvalue weighted by Gasteiger charge is -2.16. The fourth-order valence-electron chi connectivity index (χ4n) is 0.416. The summed E-state index contributed by atoms with van der Waals surface area (Å²) >= 11 is 0. The lowest BCUT2D eigenvalue weighted by atomic mass is 10.1. The second-order valence-electron chi connectivity index (χ2n) is 2.32. The molecular formula is C5H12O9S. The zero-order valence-electron chi connectivity index (χ0n) is 7.33. The number of aldehydes is 1. The first-order valence-electron chi connectivity index (χ1n) is 3.43. The molecule has 0 rings (SSSR count). The molecule has 92 valence electrons. The Bertz CT molecular complexity index is 252. The normalized spacial score (nSPS) is 16.9. The molecule has 9 nitrogen and oxygen atoms in total. The lowest BCUT2D eigenvalue weighted by Crippen LogP contribution is -2.40. The van der Waals surface area contributed by atoms with Gasteiger partial charge in [-0.1, -0.05) is 0 Å². The molecule has 0 aromatic heterocycles. The van der Waals surface area contributed by atoms with Crippen molar-refractivity contribution < 1.29 is 42.7 Å². The number of aliphatic hydroxyl groups is 4. The van der Waals surface area contributed by atoms with Crippen LogP contribution in [-0.4, -0.2) is 69.2 Å². The molecule has 0 bridgehead atoms. The predicted octanol–water partition coefficient (Wildman–Crippen LogP) is -3.39. The van der Waals surface area contributed by atoms with Crippen LogP contribution in [0.3, 0.4) is 0 Å². The van der Waals surface area contributed by atoms with Crippen LogP contribution in [0.25, 0.3) is 0 Å². The molecule has 0 fully saturated rings. The molecule has 0 aliphatic carbocycles. The van der Waals surface area contributed by atoms with E-state index in [1.54, 1.807) is 0 Å². The van der Waals surface area contributed by atoms with Crippen LogP contribution in [0, 0.1) is 0 Å². The van der Waals surface area contributed by atoms with Crippen LogP contribution in [0.4, 0.5) is 0 Å². The molecule has 15 heavy (non-hydrogen) atoms. The largest absolute Gasteiger partial charge is 0.394 e. The number of carbonyl (C=O) groups excluding carboxylic acids is 1. The van der Waals surface area contributed by atoms with Crippen molar-refractivity contribution in [3.05, 3.63) is 0 Å². The Labute approximate surface area is 85.2 Å². The van der Waals surface area contributed by atoms with Gasteiger partial charge in [0.15, 0.2) is 6.29 Å². The summed E-state index contributed by atoms with van der Waals surface area (Å²) in [6, 6.07) is 0. The van der Waals surface area contributed by atoms with Gasteiger partial charge in [0.25, 0.3) is 0 Å². The number of carbonyl (C=O) groups is 1. The average Bonchev–Trinajstić information content (AvgIpc) is 2.11. The smallest absolute Gasteiger partial charge is 0.394 e. The Kier molecular flexibility index (Phi) is 8.56. The SMILES string of the molecule is O=CC(O)C(O)C(O)CO.O=S(=O)(O)O. The van der Waals surface area contributed by atoms with Gasteiger partial charge >= 0.3 is 10.4 Å². The highest BCUT2D eigenvalue weighted by Gasteiger charge is 2.22. The second kappa shape index (κ2) is 7.64. The molecule has 3 unspecified atom stereocenters. The molecule has 0 saturated heterocycles. The van der Waals surface area contributed by atoms with Gasteiger partial charge in [0.2, 0.25) is 0 Å². The van der Waals surface area contributed by atoms with Crippen molar-refractivity contribution in [3.8, 4) is 0 Å². The van der Waals surface area contributed by atoms with E-state index < -0.39 is 35.3 Å². The highest BCUT2D eigenvalue weighted by molar-refractivity contribution is 7.79. The lowest BCUT2D eigenvalue weighted by molar-refractivity contribution is -0.127. The molecule has 6 N–H and O–H groups in total. The van der Waals surface area contributed by atoms with Crippen molar-refractivity contribution >= 4 is 16.7 Å². The van der Waals surface area contributed by atoms with E-state index >= 15 is 0 Å². The highest BCUT2D eigenvalue weighted by atomic mass is 32.3. The maximum absolute atomic E-state index is 9.76. The Morgan fingerprint density at radius 1 is 1.13 bits per heavy atom. The maximum Gasteiger partial charge on any atom is 0.394 e. The van der Waals surface area contributed by atoms with Gasteiger partial charge in [-0.3, -0.25) is 9.11 Å². The quantitative estimate of drug-likeness (QED) is 0.219. The Morgan fingerprint density at radius 2 is 1.47 bits per heavy atom. The molecule has 0 radical (unpaired) electrons.